The van der Waals surface area contributed by atoms with Crippen LogP contribution >= 0.6 is 0 Å². The number of carbonyl (C=O) groups is 1. The van der Waals surface area contributed by atoms with Crippen molar-refractivity contribution in [1.29, 1.82) is 0 Å². The van der Waals surface area contributed by atoms with Crippen LogP contribution in [0, 0.1) is 5.41 Å². The Morgan fingerprint density at radius 3 is 2.60 bits per heavy atom. The summed E-state index contributed by atoms with van der Waals surface area (Å²) in [4.78, 5) is 12.3. The predicted octanol–water partition coefficient (Wildman–Crippen LogP) is 1.88. The van der Waals surface area contributed by atoms with E-state index in [1.54, 1.807) is 7.11 Å². The first-order valence-electron chi connectivity index (χ1n) is 6.68. The summed E-state index contributed by atoms with van der Waals surface area (Å²) in [5, 5.41) is 5.99. The van der Waals surface area contributed by atoms with E-state index in [1.165, 1.54) is 5.01 Å². The van der Waals surface area contributed by atoms with Crippen molar-refractivity contribution in [2.24, 2.45) is 10.5 Å². The van der Waals surface area contributed by atoms with Gasteiger partial charge >= 0.3 is 0 Å². The summed E-state index contributed by atoms with van der Waals surface area (Å²) in [6.07, 6.45) is 0.624. The van der Waals surface area contributed by atoms with Crippen LogP contribution in [0.3, 0.4) is 0 Å². The Hall–Kier alpha value is -1.88. The normalized spacial score (nSPS) is 18.1. The molecule has 0 fully saturated rings. The standard InChI is InChI=1S/C15H21N3O2/c1-15(2)10-13(11-4-6-12(16)7-5-11)17-18(14(15)19)8-9-20-3/h4-7H,8-10,16H2,1-3H3. The number of rotatable bonds is 4. The monoisotopic (exact) mass is 275 g/mol. The second-order valence-electron chi connectivity index (χ2n) is 5.65. The highest BCUT2D eigenvalue weighted by atomic mass is 16.5. The zero-order valence-electron chi connectivity index (χ0n) is 12.2. The molecule has 0 atom stereocenters. The van der Waals surface area contributed by atoms with E-state index in [9.17, 15) is 4.79 Å². The van der Waals surface area contributed by atoms with Gasteiger partial charge in [-0.25, -0.2) is 5.01 Å². The number of benzene rings is 1. The molecule has 0 bridgehead atoms. The van der Waals surface area contributed by atoms with E-state index in [0.29, 0.717) is 19.6 Å². The first kappa shape index (κ1) is 14.5. The number of ether oxygens (including phenoxy) is 1. The maximum atomic E-state index is 12.3. The van der Waals surface area contributed by atoms with Gasteiger partial charge in [0.05, 0.1) is 24.3 Å². The molecule has 1 aliphatic rings. The third kappa shape index (κ3) is 2.99. The molecule has 1 amide bonds. The van der Waals surface area contributed by atoms with Gasteiger partial charge in [-0.05, 0) is 17.7 Å². The van der Waals surface area contributed by atoms with Crippen molar-refractivity contribution in [3.05, 3.63) is 29.8 Å². The molecular weight excluding hydrogens is 254 g/mol. The second kappa shape index (κ2) is 5.63. The number of hydrogen-bond acceptors (Lipinski definition) is 4. The fourth-order valence-corrected chi connectivity index (χ4v) is 2.23. The van der Waals surface area contributed by atoms with Crippen LogP contribution in [0.15, 0.2) is 29.4 Å². The number of nitrogen functional groups attached to an aromatic ring is 1. The molecule has 5 heteroatoms. The number of amides is 1. The molecule has 0 radical (unpaired) electrons. The lowest BCUT2D eigenvalue weighted by atomic mass is 9.83. The van der Waals surface area contributed by atoms with E-state index in [0.717, 1.165) is 17.0 Å². The van der Waals surface area contributed by atoms with Gasteiger partial charge in [0.1, 0.15) is 0 Å². The SMILES string of the molecule is COCCN1N=C(c2ccc(N)cc2)CC(C)(C)C1=O. The molecule has 0 saturated heterocycles. The Bertz CT molecular complexity index is 520. The third-order valence-electron chi connectivity index (χ3n) is 3.42. The zero-order valence-corrected chi connectivity index (χ0v) is 12.2. The van der Waals surface area contributed by atoms with E-state index in [1.807, 2.05) is 38.1 Å². The minimum absolute atomic E-state index is 0.0359. The zero-order chi connectivity index (χ0) is 14.8. The minimum atomic E-state index is -0.452. The van der Waals surface area contributed by atoms with Crippen molar-refractivity contribution in [2.45, 2.75) is 20.3 Å². The average Bonchev–Trinajstić information content (AvgIpc) is 2.41. The lowest BCUT2D eigenvalue weighted by Crippen LogP contribution is -2.45. The molecule has 108 valence electrons. The smallest absolute Gasteiger partial charge is 0.248 e. The summed E-state index contributed by atoms with van der Waals surface area (Å²) in [5.41, 5.74) is 7.88. The quantitative estimate of drug-likeness (QED) is 0.853. The molecular formula is C15H21N3O2. The highest BCUT2D eigenvalue weighted by Crippen LogP contribution is 2.30. The Morgan fingerprint density at radius 1 is 1.35 bits per heavy atom. The van der Waals surface area contributed by atoms with Crippen molar-refractivity contribution in [1.82, 2.24) is 5.01 Å². The van der Waals surface area contributed by atoms with Gasteiger partial charge in [-0.1, -0.05) is 26.0 Å². The third-order valence-corrected chi connectivity index (χ3v) is 3.42. The largest absolute Gasteiger partial charge is 0.399 e. The van der Waals surface area contributed by atoms with Crippen LogP contribution in [0.2, 0.25) is 0 Å². The Morgan fingerprint density at radius 2 is 2.00 bits per heavy atom. The van der Waals surface area contributed by atoms with Gasteiger partial charge in [0.25, 0.3) is 0 Å². The average molecular weight is 275 g/mol. The molecule has 1 heterocycles. The van der Waals surface area contributed by atoms with Crippen molar-refractivity contribution >= 4 is 17.3 Å². The van der Waals surface area contributed by atoms with Crippen LogP contribution in [0.25, 0.3) is 0 Å². The van der Waals surface area contributed by atoms with Gasteiger partial charge in [0, 0.05) is 19.2 Å². The molecule has 0 aliphatic carbocycles. The second-order valence-corrected chi connectivity index (χ2v) is 5.65. The van der Waals surface area contributed by atoms with Crippen molar-refractivity contribution < 1.29 is 9.53 Å². The van der Waals surface area contributed by atoms with Crippen molar-refractivity contribution in [3.8, 4) is 0 Å². The molecule has 1 aromatic carbocycles. The molecule has 0 unspecified atom stereocenters. The molecule has 20 heavy (non-hydrogen) atoms. The molecule has 0 spiro atoms. The Balaban J connectivity index is 2.31. The van der Waals surface area contributed by atoms with E-state index in [4.69, 9.17) is 10.5 Å². The van der Waals surface area contributed by atoms with Crippen molar-refractivity contribution in [3.63, 3.8) is 0 Å². The fraction of sp³-hybridized carbons (Fsp3) is 0.467. The molecule has 0 aromatic heterocycles. The first-order valence-corrected chi connectivity index (χ1v) is 6.68. The topological polar surface area (TPSA) is 67.9 Å². The minimum Gasteiger partial charge on any atom is -0.399 e. The fourth-order valence-electron chi connectivity index (χ4n) is 2.23. The summed E-state index contributed by atoms with van der Waals surface area (Å²) in [5.74, 6) is 0.0359. The molecule has 1 aliphatic heterocycles. The predicted molar refractivity (Wildman–Crippen MR) is 79.4 cm³/mol. The summed E-state index contributed by atoms with van der Waals surface area (Å²) in [7, 11) is 1.62. The molecule has 2 N–H and O–H groups in total. The molecule has 0 saturated carbocycles. The van der Waals surface area contributed by atoms with Crippen LogP contribution in [-0.4, -0.2) is 36.9 Å². The maximum Gasteiger partial charge on any atom is 0.248 e. The Kier molecular flexibility index (Phi) is 4.09. The summed E-state index contributed by atoms with van der Waals surface area (Å²) in [6, 6.07) is 7.57. The van der Waals surface area contributed by atoms with Crippen LogP contribution in [0.5, 0.6) is 0 Å². The number of nitrogens with zero attached hydrogens (tertiary/aromatic N) is 2. The highest BCUT2D eigenvalue weighted by Gasteiger charge is 2.37. The molecule has 5 nitrogen and oxygen atoms in total. The van der Waals surface area contributed by atoms with Gasteiger partial charge in [0.2, 0.25) is 5.91 Å². The highest BCUT2D eigenvalue weighted by molar-refractivity contribution is 6.05. The summed E-state index contributed by atoms with van der Waals surface area (Å²) < 4.78 is 5.04. The number of methoxy groups -OCH3 is 1. The van der Waals surface area contributed by atoms with Crippen LogP contribution in [0.1, 0.15) is 25.8 Å². The van der Waals surface area contributed by atoms with E-state index >= 15 is 0 Å². The number of carbonyl (C=O) groups excluding carboxylic acids is 1. The number of nitrogens with two attached hydrogens (primary N) is 1. The van der Waals surface area contributed by atoms with E-state index < -0.39 is 5.41 Å². The van der Waals surface area contributed by atoms with Gasteiger partial charge in [0.15, 0.2) is 0 Å². The number of anilines is 1. The molecule has 2 rings (SSSR count). The van der Waals surface area contributed by atoms with E-state index in [-0.39, 0.29) is 5.91 Å². The number of hydrazone groups is 1. The van der Waals surface area contributed by atoms with Crippen molar-refractivity contribution in [2.75, 3.05) is 26.0 Å². The molecule has 1 aromatic rings. The Labute approximate surface area is 119 Å². The van der Waals surface area contributed by atoms with Crippen LogP contribution in [-0.2, 0) is 9.53 Å². The van der Waals surface area contributed by atoms with Crippen LogP contribution < -0.4 is 5.73 Å². The van der Waals surface area contributed by atoms with Gasteiger partial charge < -0.3 is 10.5 Å². The van der Waals surface area contributed by atoms with E-state index in [2.05, 4.69) is 5.10 Å². The van der Waals surface area contributed by atoms with Crippen LogP contribution in [0.4, 0.5) is 5.69 Å². The van der Waals surface area contributed by atoms with Gasteiger partial charge in [-0.2, -0.15) is 5.10 Å². The maximum absolute atomic E-state index is 12.3. The lowest BCUT2D eigenvalue weighted by molar-refractivity contribution is -0.141. The lowest BCUT2D eigenvalue weighted by Gasteiger charge is -2.34. The number of hydrogen-bond donors (Lipinski definition) is 1. The summed E-state index contributed by atoms with van der Waals surface area (Å²) >= 11 is 0. The van der Waals surface area contributed by atoms with Gasteiger partial charge in [-0.15, -0.1) is 0 Å². The van der Waals surface area contributed by atoms with Gasteiger partial charge in [-0.3, -0.25) is 4.79 Å². The summed E-state index contributed by atoms with van der Waals surface area (Å²) in [6.45, 7) is 4.83. The first-order chi connectivity index (χ1) is 9.44.